The maximum atomic E-state index is 13.9. The van der Waals surface area contributed by atoms with Gasteiger partial charge in [0.25, 0.3) is 5.95 Å². The lowest BCUT2D eigenvalue weighted by Crippen LogP contribution is -2.08. The van der Waals surface area contributed by atoms with Gasteiger partial charge in [0, 0.05) is 5.02 Å². The maximum Gasteiger partial charge on any atom is 0.257 e. The average Bonchev–Trinajstić information content (AvgIpc) is 2.91. The van der Waals surface area contributed by atoms with E-state index in [-0.39, 0.29) is 28.3 Å². The Labute approximate surface area is 117 Å². The minimum Gasteiger partial charge on any atom is -0.368 e. The van der Waals surface area contributed by atoms with E-state index in [2.05, 4.69) is 25.0 Å². The van der Waals surface area contributed by atoms with E-state index in [1.807, 2.05) is 0 Å². The molecule has 0 aliphatic heterocycles. The maximum absolute atomic E-state index is 13.9. The summed E-state index contributed by atoms with van der Waals surface area (Å²) in [6, 6.07) is 4.18. The third-order valence-electron chi connectivity index (χ3n) is 2.44. The fraction of sp³-hybridized carbons (Fsp3) is 0. The molecule has 0 radical (unpaired) electrons. The first-order chi connectivity index (χ1) is 9.63. The smallest absolute Gasteiger partial charge is 0.257 e. The van der Waals surface area contributed by atoms with Crippen LogP contribution in [0.4, 0.5) is 10.3 Å². The predicted octanol–water partition coefficient (Wildman–Crippen LogP) is 1.49. The summed E-state index contributed by atoms with van der Waals surface area (Å²) in [6.07, 6.45) is 2.72. The van der Waals surface area contributed by atoms with E-state index < -0.39 is 5.82 Å². The number of nitrogens with two attached hydrogens (primary N) is 1. The third kappa shape index (κ3) is 2.28. The molecule has 0 spiro atoms. The number of halogens is 2. The molecule has 100 valence electrons. The summed E-state index contributed by atoms with van der Waals surface area (Å²) < 4.78 is 15.2. The SMILES string of the molecule is Nc1nc(-c2ccc(Cl)cc2F)nc(-n2cncn2)n1. The molecular weight excluding hydrogens is 285 g/mol. The predicted molar refractivity (Wildman–Crippen MR) is 69.6 cm³/mol. The van der Waals surface area contributed by atoms with Crippen molar-refractivity contribution < 1.29 is 4.39 Å². The van der Waals surface area contributed by atoms with Gasteiger partial charge in [-0.05, 0) is 18.2 Å². The summed E-state index contributed by atoms with van der Waals surface area (Å²) in [5.41, 5.74) is 5.78. The monoisotopic (exact) mass is 291 g/mol. The molecule has 2 N–H and O–H groups in total. The summed E-state index contributed by atoms with van der Waals surface area (Å²) >= 11 is 5.71. The molecule has 20 heavy (non-hydrogen) atoms. The molecule has 7 nitrogen and oxygen atoms in total. The molecule has 0 atom stereocenters. The number of hydrogen-bond donors (Lipinski definition) is 1. The number of aromatic nitrogens is 6. The zero-order valence-electron chi connectivity index (χ0n) is 9.90. The lowest BCUT2D eigenvalue weighted by atomic mass is 10.2. The summed E-state index contributed by atoms with van der Waals surface area (Å²) in [5.74, 6) is -0.348. The van der Waals surface area contributed by atoms with Crippen molar-refractivity contribution in [2.24, 2.45) is 0 Å². The number of hydrogen-bond acceptors (Lipinski definition) is 6. The lowest BCUT2D eigenvalue weighted by molar-refractivity contribution is 0.629. The van der Waals surface area contributed by atoms with E-state index in [9.17, 15) is 4.39 Å². The molecule has 2 heterocycles. The van der Waals surface area contributed by atoms with Crippen molar-refractivity contribution in [3.8, 4) is 17.3 Å². The first-order valence-corrected chi connectivity index (χ1v) is 5.83. The van der Waals surface area contributed by atoms with Crippen molar-refractivity contribution in [1.29, 1.82) is 0 Å². The fourth-order valence-corrected chi connectivity index (χ4v) is 1.74. The van der Waals surface area contributed by atoms with E-state index in [1.54, 1.807) is 0 Å². The first-order valence-electron chi connectivity index (χ1n) is 5.45. The van der Waals surface area contributed by atoms with Gasteiger partial charge >= 0.3 is 0 Å². The van der Waals surface area contributed by atoms with E-state index in [0.717, 1.165) is 0 Å². The van der Waals surface area contributed by atoms with E-state index >= 15 is 0 Å². The summed E-state index contributed by atoms with van der Waals surface area (Å²) in [5, 5.41) is 4.16. The molecule has 0 saturated heterocycles. The number of benzene rings is 1. The second-order valence-electron chi connectivity index (χ2n) is 3.78. The van der Waals surface area contributed by atoms with Crippen molar-refractivity contribution in [2.45, 2.75) is 0 Å². The van der Waals surface area contributed by atoms with Gasteiger partial charge in [0.05, 0.1) is 5.56 Å². The van der Waals surface area contributed by atoms with Crippen LogP contribution in [0.5, 0.6) is 0 Å². The highest BCUT2D eigenvalue weighted by molar-refractivity contribution is 6.30. The van der Waals surface area contributed by atoms with Crippen LogP contribution >= 0.6 is 11.6 Å². The highest BCUT2D eigenvalue weighted by atomic mass is 35.5. The van der Waals surface area contributed by atoms with E-state index in [1.165, 1.54) is 35.5 Å². The number of nitrogen functional groups attached to an aromatic ring is 1. The molecule has 9 heteroatoms. The molecule has 2 aromatic heterocycles. The Morgan fingerprint density at radius 1 is 1.20 bits per heavy atom. The van der Waals surface area contributed by atoms with Gasteiger partial charge in [-0.15, -0.1) is 0 Å². The number of anilines is 1. The molecule has 0 aliphatic carbocycles. The summed E-state index contributed by atoms with van der Waals surface area (Å²) in [6.45, 7) is 0. The van der Waals surface area contributed by atoms with E-state index in [4.69, 9.17) is 17.3 Å². The first kappa shape index (κ1) is 12.4. The van der Waals surface area contributed by atoms with Crippen molar-refractivity contribution >= 4 is 17.5 Å². The quantitative estimate of drug-likeness (QED) is 0.768. The molecule has 0 fully saturated rings. The van der Waals surface area contributed by atoms with E-state index in [0.29, 0.717) is 0 Å². The minimum absolute atomic E-state index is 0.0464. The second kappa shape index (κ2) is 4.82. The van der Waals surface area contributed by atoms with Crippen LogP contribution in [0.25, 0.3) is 17.3 Å². The zero-order valence-corrected chi connectivity index (χ0v) is 10.7. The minimum atomic E-state index is -0.548. The van der Waals surface area contributed by atoms with Crippen LogP contribution < -0.4 is 5.73 Å². The molecule has 0 unspecified atom stereocenters. The van der Waals surface area contributed by atoms with Crippen LogP contribution in [-0.2, 0) is 0 Å². The third-order valence-corrected chi connectivity index (χ3v) is 2.67. The van der Waals surface area contributed by atoms with Crippen molar-refractivity contribution in [3.63, 3.8) is 0 Å². The Morgan fingerprint density at radius 3 is 2.75 bits per heavy atom. The molecule has 0 saturated carbocycles. The van der Waals surface area contributed by atoms with Crippen LogP contribution in [0.1, 0.15) is 0 Å². The van der Waals surface area contributed by atoms with Gasteiger partial charge in [0.15, 0.2) is 5.82 Å². The topological polar surface area (TPSA) is 95.4 Å². The molecule has 0 bridgehead atoms. The van der Waals surface area contributed by atoms with Gasteiger partial charge in [0.1, 0.15) is 18.5 Å². The Hall–Kier alpha value is -2.61. The van der Waals surface area contributed by atoms with Gasteiger partial charge in [-0.3, -0.25) is 0 Å². The van der Waals surface area contributed by atoms with Gasteiger partial charge in [0.2, 0.25) is 5.95 Å². The van der Waals surface area contributed by atoms with Crippen LogP contribution in [0.15, 0.2) is 30.9 Å². The molecule has 0 aliphatic rings. The Kier molecular flexibility index (Phi) is 2.99. The van der Waals surface area contributed by atoms with Crippen molar-refractivity contribution in [3.05, 3.63) is 41.7 Å². The fourth-order valence-electron chi connectivity index (χ4n) is 1.59. The molecule has 1 aromatic carbocycles. The number of rotatable bonds is 2. The summed E-state index contributed by atoms with van der Waals surface area (Å²) in [7, 11) is 0. The van der Waals surface area contributed by atoms with Gasteiger partial charge in [-0.2, -0.15) is 24.7 Å². The zero-order chi connectivity index (χ0) is 14.1. The average molecular weight is 292 g/mol. The Bertz CT molecular complexity index is 759. The highest BCUT2D eigenvalue weighted by Gasteiger charge is 2.13. The molecule has 0 amide bonds. The normalized spacial score (nSPS) is 10.7. The molecule has 3 rings (SSSR count). The van der Waals surface area contributed by atoms with Gasteiger partial charge in [-0.1, -0.05) is 11.6 Å². The van der Waals surface area contributed by atoms with Crippen molar-refractivity contribution in [1.82, 2.24) is 29.7 Å². The van der Waals surface area contributed by atoms with Crippen LogP contribution in [0, 0.1) is 5.82 Å². The van der Waals surface area contributed by atoms with Crippen LogP contribution in [0.2, 0.25) is 5.02 Å². The highest BCUT2D eigenvalue weighted by Crippen LogP contribution is 2.23. The molecule has 3 aromatic rings. The van der Waals surface area contributed by atoms with Crippen molar-refractivity contribution in [2.75, 3.05) is 5.73 Å². The van der Waals surface area contributed by atoms with Crippen LogP contribution in [0.3, 0.4) is 0 Å². The largest absolute Gasteiger partial charge is 0.368 e. The Balaban J connectivity index is 2.14. The number of nitrogens with zero attached hydrogens (tertiary/aromatic N) is 6. The Morgan fingerprint density at radius 2 is 2.05 bits per heavy atom. The standard InChI is InChI=1S/C11H7ClFN7/c12-6-1-2-7(8(13)3-6)9-17-10(14)19-11(18-9)20-5-15-4-16-20/h1-5H,(H2,14,17,18,19). The summed E-state index contributed by atoms with van der Waals surface area (Å²) in [4.78, 5) is 15.7. The van der Waals surface area contributed by atoms with Crippen LogP contribution in [-0.4, -0.2) is 29.7 Å². The second-order valence-corrected chi connectivity index (χ2v) is 4.22. The van der Waals surface area contributed by atoms with Gasteiger partial charge in [-0.25, -0.2) is 9.37 Å². The lowest BCUT2D eigenvalue weighted by Gasteiger charge is -2.05. The molecular formula is C11H7ClFN7. The van der Waals surface area contributed by atoms with Gasteiger partial charge < -0.3 is 5.73 Å².